The first-order valence-electron chi connectivity index (χ1n) is 12.9. The van der Waals surface area contributed by atoms with Gasteiger partial charge in [-0.15, -0.1) is 0 Å². The van der Waals surface area contributed by atoms with Crippen LogP contribution in [0.2, 0.25) is 0 Å². The minimum absolute atomic E-state index is 0.0436. The Balaban J connectivity index is 1.35. The number of hydrogen-bond acceptors (Lipinski definition) is 6. The lowest BCUT2D eigenvalue weighted by atomic mass is 10.2. The second kappa shape index (κ2) is 9.73. The first-order valence-corrected chi connectivity index (χ1v) is 12.9. The van der Waals surface area contributed by atoms with E-state index in [2.05, 4.69) is 5.10 Å². The summed E-state index contributed by atoms with van der Waals surface area (Å²) >= 11 is 0. The predicted molar refractivity (Wildman–Crippen MR) is 158 cm³/mol. The van der Waals surface area contributed by atoms with Crippen molar-refractivity contribution in [2.75, 3.05) is 0 Å². The molecule has 4 aromatic carbocycles. The van der Waals surface area contributed by atoms with E-state index < -0.39 is 4.92 Å². The molecule has 0 aliphatic heterocycles. The summed E-state index contributed by atoms with van der Waals surface area (Å²) < 4.78 is 9.35. The van der Waals surface area contributed by atoms with E-state index in [1.54, 1.807) is 36.5 Å². The molecule has 41 heavy (non-hydrogen) atoms. The minimum Gasteiger partial charge on any atom is -0.453 e. The molecule has 0 amide bonds. The molecule has 7 aromatic rings. The fourth-order valence-electron chi connectivity index (χ4n) is 5.08. The topological polar surface area (TPSA) is 108 Å². The van der Waals surface area contributed by atoms with Crippen molar-refractivity contribution < 1.29 is 9.34 Å². The molecule has 0 aliphatic carbocycles. The maximum absolute atomic E-state index is 13.7. The van der Waals surface area contributed by atoms with Crippen molar-refractivity contribution in [2.24, 2.45) is 5.10 Å². The Hall–Kier alpha value is -5.83. The number of nitro benzene ring substituents is 1. The molecule has 9 nitrogen and oxygen atoms in total. The van der Waals surface area contributed by atoms with E-state index in [1.165, 1.54) is 10.7 Å². The van der Waals surface area contributed by atoms with Crippen LogP contribution in [-0.4, -0.2) is 25.4 Å². The molecule has 3 aromatic heterocycles. The highest BCUT2D eigenvalue weighted by atomic mass is 16.6. The SMILES string of the molecule is O=c1c2ccccc2nc(-c2cc3ccccc3o2)n1N=Cc1cn(Cc2cccc([N+](=O)[O-])c2)c2ccccc12. The van der Waals surface area contributed by atoms with Crippen LogP contribution in [0.1, 0.15) is 11.1 Å². The normalized spacial score (nSPS) is 11.7. The summed E-state index contributed by atoms with van der Waals surface area (Å²) in [5, 5.41) is 18.2. The summed E-state index contributed by atoms with van der Waals surface area (Å²) in [6.45, 7) is 0.428. The lowest BCUT2D eigenvalue weighted by molar-refractivity contribution is -0.384. The first kappa shape index (κ1) is 24.2. The number of benzene rings is 4. The molecule has 9 heteroatoms. The molecule has 7 rings (SSSR count). The average Bonchev–Trinajstić information content (AvgIpc) is 3.58. The molecule has 0 fully saturated rings. The number of para-hydroxylation sites is 3. The van der Waals surface area contributed by atoms with E-state index in [-0.39, 0.29) is 11.2 Å². The quantitative estimate of drug-likeness (QED) is 0.134. The maximum Gasteiger partial charge on any atom is 0.282 e. The molecule has 0 aliphatic rings. The summed E-state index contributed by atoms with van der Waals surface area (Å²) in [5.41, 5.74) is 3.47. The lowest BCUT2D eigenvalue weighted by Gasteiger charge is -2.07. The Kier molecular flexibility index (Phi) is 5.75. The Morgan fingerprint density at radius 3 is 2.54 bits per heavy atom. The summed E-state index contributed by atoms with van der Waals surface area (Å²) in [6, 6.07) is 31.0. The highest BCUT2D eigenvalue weighted by molar-refractivity contribution is 5.99. The fourth-order valence-corrected chi connectivity index (χ4v) is 5.08. The van der Waals surface area contributed by atoms with Crippen LogP contribution in [0.3, 0.4) is 0 Å². The largest absolute Gasteiger partial charge is 0.453 e. The van der Waals surface area contributed by atoms with Crippen molar-refractivity contribution in [2.45, 2.75) is 6.54 Å². The highest BCUT2D eigenvalue weighted by Crippen LogP contribution is 2.28. The number of fused-ring (bicyclic) bond motifs is 3. The van der Waals surface area contributed by atoms with Gasteiger partial charge in [-0.3, -0.25) is 14.9 Å². The van der Waals surface area contributed by atoms with Gasteiger partial charge < -0.3 is 8.98 Å². The Morgan fingerprint density at radius 1 is 0.902 bits per heavy atom. The van der Waals surface area contributed by atoms with Crippen LogP contribution >= 0.6 is 0 Å². The molecule has 0 bridgehead atoms. The van der Waals surface area contributed by atoms with Gasteiger partial charge in [-0.1, -0.05) is 60.7 Å². The molecule has 3 heterocycles. The standard InChI is InChI=1S/C32H21N5O4/c38-32-26-12-2-4-13-27(26)34-31(30-17-22-9-1-6-15-29(22)41-30)36(32)33-18-23-20-35(28-14-5-3-11-25(23)28)19-21-8-7-10-24(16-21)37(39)40/h1-18,20H,19H2. The summed E-state index contributed by atoms with van der Waals surface area (Å²) in [5.74, 6) is 0.723. The molecule has 0 saturated carbocycles. The van der Waals surface area contributed by atoms with Crippen molar-refractivity contribution in [3.05, 3.63) is 141 Å². The van der Waals surface area contributed by atoms with Crippen LogP contribution in [0.25, 0.3) is 44.4 Å². The number of non-ortho nitro benzene ring substituents is 1. The first-order chi connectivity index (χ1) is 20.0. The van der Waals surface area contributed by atoms with Gasteiger partial charge in [0, 0.05) is 46.7 Å². The molecule has 0 N–H and O–H groups in total. The number of aromatic nitrogens is 3. The van der Waals surface area contributed by atoms with E-state index in [0.717, 1.165) is 27.4 Å². The van der Waals surface area contributed by atoms with E-state index in [9.17, 15) is 14.9 Å². The van der Waals surface area contributed by atoms with Crippen LogP contribution in [-0.2, 0) is 6.54 Å². The summed E-state index contributed by atoms with van der Waals surface area (Å²) in [6.07, 6.45) is 3.56. The zero-order valence-electron chi connectivity index (χ0n) is 21.5. The highest BCUT2D eigenvalue weighted by Gasteiger charge is 2.17. The smallest absolute Gasteiger partial charge is 0.282 e. The van der Waals surface area contributed by atoms with Gasteiger partial charge in [0.25, 0.3) is 11.2 Å². The van der Waals surface area contributed by atoms with E-state index >= 15 is 0 Å². The second-order valence-corrected chi connectivity index (χ2v) is 9.62. The molecule has 0 atom stereocenters. The molecule has 0 radical (unpaired) electrons. The van der Waals surface area contributed by atoms with Crippen molar-refractivity contribution in [3.63, 3.8) is 0 Å². The van der Waals surface area contributed by atoms with Gasteiger partial charge in [0.2, 0.25) is 5.82 Å². The third-order valence-corrected chi connectivity index (χ3v) is 7.01. The Bertz CT molecular complexity index is 2170. The van der Waals surface area contributed by atoms with Crippen LogP contribution in [0.4, 0.5) is 5.69 Å². The van der Waals surface area contributed by atoms with Crippen LogP contribution in [0.15, 0.2) is 124 Å². The zero-order chi connectivity index (χ0) is 27.9. The van der Waals surface area contributed by atoms with Gasteiger partial charge in [-0.05, 0) is 35.9 Å². The van der Waals surface area contributed by atoms with Crippen LogP contribution < -0.4 is 5.56 Å². The number of nitrogens with zero attached hydrogens (tertiary/aromatic N) is 5. The van der Waals surface area contributed by atoms with Gasteiger partial charge >= 0.3 is 0 Å². The third-order valence-electron chi connectivity index (χ3n) is 7.01. The van der Waals surface area contributed by atoms with E-state index in [0.29, 0.717) is 34.6 Å². The number of furan rings is 1. The second-order valence-electron chi connectivity index (χ2n) is 9.62. The fraction of sp³-hybridized carbons (Fsp3) is 0.0312. The lowest BCUT2D eigenvalue weighted by Crippen LogP contribution is -2.20. The molecule has 0 spiro atoms. The van der Waals surface area contributed by atoms with E-state index in [4.69, 9.17) is 9.40 Å². The van der Waals surface area contributed by atoms with Crippen molar-refractivity contribution >= 4 is 44.7 Å². The summed E-state index contributed by atoms with van der Waals surface area (Å²) in [4.78, 5) is 29.3. The number of rotatable bonds is 6. The number of nitro groups is 1. The van der Waals surface area contributed by atoms with Crippen LogP contribution in [0, 0.1) is 10.1 Å². The Morgan fingerprint density at radius 2 is 1.68 bits per heavy atom. The average molecular weight is 540 g/mol. The van der Waals surface area contributed by atoms with Gasteiger partial charge in [-0.25, -0.2) is 4.98 Å². The Labute approximate surface area is 232 Å². The maximum atomic E-state index is 13.7. The van der Waals surface area contributed by atoms with Gasteiger partial charge in [0.15, 0.2) is 5.76 Å². The van der Waals surface area contributed by atoms with Crippen molar-refractivity contribution in [1.29, 1.82) is 0 Å². The third kappa shape index (κ3) is 4.35. The van der Waals surface area contributed by atoms with Gasteiger partial charge in [0.05, 0.1) is 22.0 Å². The van der Waals surface area contributed by atoms with Gasteiger partial charge in [-0.2, -0.15) is 9.78 Å². The zero-order valence-corrected chi connectivity index (χ0v) is 21.5. The monoisotopic (exact) mass is 539 g/mol. The molecule has 0 saturated heterocycles. The summed E-state index contributed by atoms with van der Waals surface area (Å²) in [7, 11) is 0. The van der Waals surface area contributed by atoms with Crippen molar-refractivity contribution in [1.82, 2.24) is 14.2 Å². The van der Waals surface area contributed by atoms with Gasteiger partial charge in [0.1, 0.15) is 5.58 Å². The predicted octanol–water partition coefficient (Wildman–Crippen LogP) is 6.60. The number of hydrogen-bond donors (Lipinski definition) is 0. The molecule has 0 unspecified atom stereocenters. The van der Waals surface area contributed by atoms with E-state index in [1.807, 2.05) is 77.5 Å². The van der Waals surface area contributed by atoms with Crippen LogP contribution in [0.5, 0.6) is 0 Å². The van der Waals surface area contributed by atoms with Crippen molar-refractivity contribution in [3.8, 4) is 11.6 Å². The molecule has 198 valence electrons. The minimum atomic E-state index is -0.399. The molecular formula is C32H21N5O4. The molecular weight excluding hydrogens is 518 g/mol.